The minimum atomic E-state index is -1.66. The topological polar surface area (TPSA) is 85.8 Å². The standard InChI is InChI=1S/C11H10F3N5O/c12-6-1-2-7(10(14)9(6)13)16-11(20)8-5-19(4-3-15)18-17-8/h1-2,5H,3-4,15H2,(H,16,20). The van der Waals surface area contributed by atoms with Gasteiger partial charge in [0.15, 0.2) is 23.1 Å². The lowest BCUT2D eigenvalue weighted by molar-refractivity contribution is 0.102. The van der Waals surface area contributed by atoms with E-state index in [-0.39, 0.29) is 5.69 Å². The second kappa shape index (κ2) is 5.70. The van der Waals surface area contributed by atoms with Crippen molar-refractivity contribution in [3.63, 3.8) is 0 Å². The van der Waals surface area contributed by atoms with Gasteiger partial charge in [0.2, 0.25) is 0 Å². The van der Waals surface area contributed by atoms with Crippen LogP contribution in [-0.4, -0.2) is 27.4 Å². The third-order valence-corrected chi connectivity index (χ3v) is 2.41. The van der Waals surface area contributed by atoms with Crippen molar-refractivity contribution in [2.45, 2.75) is 6.54 Å². The van der Waals surface area contributed by atoms with Gasteiger partial charge in [-0.15, -0.1) is 5.10 Å². The average Bonchev–Trinajstić information content (AvgIpc) is 2.88. The smallest absolute Gasteiger partial charge is 0.277 e. The van der Waals surface area contributed by atoms with Crippen LogP contribution < -0.4 is 11.1 Å². The monoisotopic (exact) mass is 285 g/mol. The number of aromatic nitrogens is 3. The molecule has 1 aromatic heterocycles. The molecule has 9 heteroatoms. The molecular formula is C11H10F3N5O. The van der Waals surface area contributed by atoms with E-state index in [0.29, 0.717) is 19.2 Å². The van der Waals surface area contributed by atoms with Crippen LogP contribution in [0.2, 0.25) is 0 Å². The summed E-state index contributed by atoms with van der Waals surface area (Å²) in [4.78, 5) is 11.7. The predicted molar refractivity (Wildman–Crippen MR) is 63.3 cm³/mol. The largest absolute Gasteiger partial charge is 0.329 e. The number of anilines is 1. The number of nitrogens with one attached hydrogen (secondary N) is 1. The summed E-state index contributed by atoms with van der Waals surface area (Å²) in [6.45, 7) is 0.669. The Bertz CT molecular complexity index is 643. The zero-order chi connectivity index (χ0) is 14.7. The first-order valence-electron chi connectivity index (χ1n) is 5.58. The van der Waals surface area contributed by atoms with Crippen molar-refractivity contribution in [2.24, 2.45) is 5.73 Å². The second-order valence-electron chi connectivity index (χ2n) is 3.83. The van der Waals surface area contributed by atoms with Gasteiger partial charge in [-0.05, 0) is 12.1 Å². The fourth-order valence-electron chi connectivity index (χ4n) is 1.45. The van der Waals surface area contributed by atoms with E-state index >= 15 is 0 Å². The summed E-state index contributed by atoms with van der Waals surface area (Å²) >= 11 is 0. The van der Waals surface area contributed by atoms with Gasteiger partial charge >= 0.3 is 0 Å². The quantitative estimate of drug-likeness (QED) is 0.817. The van der Waals surface area contributed by atoms with Gasteiger partial charge in [-0.3, -0.25) is 9.48 Å². The van der Waals surface area contributed by atoms with E-state index in [4.69, 9.17) is 5.73 Å². The van der Waals surface area contributed by atoms with Crippen molar-refractivity contribution >= 4 is 11.6 Å². The summed E-state index contributed by atoms with van der Waals surface area (Å²) in [5.41, 5.74) is 4.73. The number of nitrogens with zero attached hydrogens (tertiary/aromatic N) is 3. The number of nitrogens with two attached hydrogens (primary N) is 1. The van der Waals surface area contributed by atoms with Gasteiger partial charge in [-0.25, -0.2) is 13.2 Å². The number of amides is 1. The van der Waals surface area contributed by atoms with E-state index in [0.717, 1.165) is 6.07 Å². The summed E-state index contributed by atoms with van der Waals surface area (Å²) in [6.07, 6.45) is 1.31. The van der Waals surface area contributed by atoms with Gasteiger partial charge < -0.3 is 11.1 Å². The minimum Gasteiger partial charge on any atom is -0.329 e. The lowest BCUT2D eigenvalue weighted by Gasteiger charge is -2.05. The molecule has 1 heterocycles. The lowest BCUT2D eigenvalue weighted by atomic mass is 10.2. The molecule has 2 rings (SSSR count). The highest BCUT2D eigenvalue weighted by atomic mass is 19.2. The molecule has 6 nitrogen and oxygen atoms in total. The summed E-state index contributed by atoms with van der Waals surface area (Å²) in [5.74, 6) is -5.27. The van der Waals surface area contributed by atoms with Crippen molar-refractivity contribution in [1.29, 1.82) is 0 Å². The first-order chi connectivity index (χ1) is 9.52. The molecule has 0 bridgehead atoms. The number of rotatable bonds is 4. The molecule has 20 heavy (non-hydrogen) atoms. The highest BCUT2D eigenvalue weighted by Crippen LogP contribution is 2.19. The molecule has 0 aliphatic carbocycles. The van der Waals surface area contributed by atoms with Crippen molar-refractivity contribution in [3.05, 3.63) is 41.5 Å². The van der Waals surface area contributed by atoms with Gasteiger partial charge in [0.05, 0.1) is 18.4 Å². The number of benzene rings is 1. The van der Waals surface area contributed by atoms with Gasteiger partial charge in [0.1, 0.15) is 0 Å². The second-order valence-corrected chi connectivity index (χ2v) is 3.83. The Morgan fingerprint density at radius 1 is 1.30 bits per heavy atom. The molecule has 0 saturated carbocycles. The zero-order valence-corrected chi connectivity index (χ0v) is 10.1. The fourth-order valence-corrected chi connectivity index (χ4v) is 1.45. The van der Waals surface area contributed by atoms with Crippen LogP contribution in [0.3, 0.4) is 0 Å². The first kappa shape index (κ1) is 14.0. The SMILES string of the molecule is NCCn1cc(C(=O)Nc2ccc(F)c(F)c2F)nn1. The average molecular weight is 285 g/mol. The molecule has 0 atom stereocenters. The zero-order valence-electron chi connectivity index (χ0n) is 10.1. The van der Waals surface area contributed by atoms with Gasteiger partial charge in [0.25, 0.3) is 5.91 Å². The van der Waals surface area contributed by atoms with Crippen LogP contribution in [0, 0.1) is 17.5 Å². The van der Waals surface area contributed by atoms with Gasteiger partial charge in [0, 0.05) is 6.54 Å². The number of hydrogen-bond donors (Lipinski definition) is 2. The Balaban J connectivity index is 2.17. The molecule has 1 amide bonds. The summed E-state index contributed by atoms with van der Waals surface area (Å²) in [5, 5.41) is 9.26. The summed E-state index contributed by atoms with van der Waals surface area (Å²) < 4.78 is 40.5. The summed E-state index contributed by atoms with van der Waals surface area (Å²) in [7, 11) is 0. The van der Waals surface area contributed by atoms with Crippen LogP contribution in [0.1, 0.15) is 10.5 Å². The molecule has 0 radical (unpaired) electrons. The van der Waals surface area contributed by atoms with E-state index in [2.05, 4.69) is 15.6 Å². The Hall–Kier alpha value is -2.42. The molecular weight excluding hydrogens is 275 g/mol. The number of hydrogen-bond acceptors (Lipinski definition) is 4. The molecule has 106 valence electrons. The van der Waals surface area contributed by atoms with Crippen LogP contribution in [0.5, 0.6) is 0 Å². The molecule has 0 aliphatic heterocycles. The molecule has 0 saturated heterocycles. The molecule has 2 aromatic rings. The van der Waals surface area contributed by atoms with Crippen molar-refractivity contribution in [1.82, 2.24) is 15.0 Å². The number of carbonyl (C=O) groups excluding carboxylic acids is 1. The van der Waals surface area contributed by atoms with Crippen molar-refractivity contribution < 1.29 is 18.0 Å². The molecule has 0 aliphatic rings. The molecule has 0 spiro atoms. The van der Waals surface area contributed by atoms with E-state index in [1.54, 1.807) is 0 Å². The Kier molecular flexibility index (Phi) is 3.99. The Labute approximate surface area is 111 Å². The maximum atomic E-state index is 13.4. The van der Waals surface area contributed by atoms with E-state index in [1.165, 1.54) is 10.9 Å². The third-order valence-electron chi connectivity index (χ3n) is 2.41. The molecule has 0 unspecified atom stereocenters. The number of carbonyl (C=O) groups is 1. The maximum absolute atomic E-state index is 13.4. The summed E-state index contributed by atoms with van der Waals surface area (Å²) in [6, 6.07) is 1.62. The van der Waals surface area contributed by atoms with Crippen LogP contribution in [-0.2, 0) is 6.54 Å². The van der Waals surface area contributed by atoms with Crippen LogP contribution in [0.15, 0.2) is 18.3 Å². The highest BCUT2D eigenvalue weighted by molar-refractivity contribution is 6.02. The van der Waals surface area contributed by atoms with Crippen LogP contribution >= 0.6 is 0 Å². The normalized spacial score (nSPS) is 10.6. The maximum Gasteiger partial charge on any atom is 0.277 e. The molecule has 0 fully saturated rings. The lowest BCUT2D eigenvalue weighted by Crippen LogP contribution is -2.14. The third kappa shape index (κ3) is 2.77. The van der Waals surface area contributed by atoms with Gasteiger partial charge in [-0.2, -0.15) is 0 Å². The number of halogens is 3. The molecule has 1 aromatic carbocycles. The predicted octanol–water partition coefficient (Wildman–Crippen LogP) is 0.906. The Morgan fingerprint density at radius 2 is 2.05 bits per heavy atom. The van der Waals surface area contributed by atoms with Crippen LogP contribution in [0.4, 0.5) is 18.9 Å². The highest BCUT2D eigenvalue weighted by Gasteiger charge is 2.17. The Morgan fingerprint density at radius 3 is 2.75 bits per heavy atom. The van der Waals surface area contributed by atoms with Crippen LogP contribution in [0.25, 0.3) is 0 Å². The minimum absolute atomic E-state index is 0.0948. The first-order valence-corrected chi connectivity index (χ1v) is 5.58. The van der Waals surface area contributed by atoms with Crippen molar-refractivity contribution in [2.75, 3.05) is 11.9 Å². The van der Waals surface area contributed by atoms with E-state index in [9.17, 15) is 18.0 Å². The molecule has 3 N–H and O–H groups in total. The van der Waals surface area contributed by atoms with E-state index < -0.39 is 29.0 Å². The fraction of sp³-hybridized carbons (Fsp3) is 0.182. The van der Waals surface area contributed by atoms with Crippen molar-refractivity contribution in [3.8, 4) is 0 Å². The van der Waals surface area contributed by atoms with Gasteiger partial charge in [-0.1, -0.05) is 5.21 Å². The van der Waals surface area contributed by atoms with E-state index in [1.807, 2.05) is 0 Å².